The Morgan fingerprint density at radius 3 is 2.80 bits per heavy atom. The first kappa shape index (κ1) is 7.27. The van der Waals surface area contributed by atoms with E-state index in [4.69, 9.17) is 10.5 Å². The second-order valence-electron chi connectivity index (χ2n) is 1.60. The molecule has 0 aromatic carbocycles. The van der Waals surface area contributed by atoms with Crippen LogP contribution < -0.4 is 10.5 Å². The minimum Gasteiger partial charge on any atom is -0.467 e. The fourth-order valence-electron chi connectivity index (χ4n) is 0.505. The van der Waals surface area contributed by atoms with E-state index >= 15 is 0 Å². The van der Waals surface area contributed by atoms with Crippen LogP contribution in [0, 0.1) is 0 Å². The lowest BCUT2D eigenvalue weighted by molar-refractivity contribution is 0.379. The molecule has 1 heterocycles. The molecule has 0 radical (unpaired) electrons. The number of nitrogens with zero attached hydrogens (tertiary/aromatic N) is 2. The summed E-state index contributed by atoms with van der Waals surface area (Å²) in [6.07, 6.45) is 0. The van der Waals surface area contributed by atoms with E-state index in [0.717, 1.165) is 0 Å². The highest BCUT2D eigenvalue weighted by Crippen LogP contribution is 2.12. The number of hydrogen-bond donors (Lipinski definition) is 1. The fraction of sp³-hybridized carbons (Fsp3) is 0.200. The van der Waals surface area contributed by atoms with Crippen LogP contribution in [0.25, 0.3) is 0 Å². The molecule has 10 heavy (non-hydrogen) atoms. The molecule has 2 N–H and O–H groups in total. The van der Waals surface area contributed by atoms with Crippen LogP contribution in [0.15, 0.2) is 10.7 Å². The molecule has 1 aromatic heterocycles. The van der Waals surface area contributed by atoms with Gasteiger partial charge >= 0.3 is 6.01 Å². The van der Waals surface area contributed by atoms with Crippen molar-refractivity contribution in [2.45, 2.75) is 0 Å². The van der Waals surface area contributed by atoms with Crippen LogP contribution in [-0.2, 0) is 0 Å². The van der Waals surface area contributed by atoms with Crippen LogP contribution in [0.3, 0.4) is 0 Å². The Labute approximate surface area is 66.6 Å². The van der Waals surface area contributed by atoms with Crippen molar-refractivity contribution in [2.24, 2.45) is 0 Å². The van der Waals surface area contributed by atoms with Crippen molar-refractivity contribution in [3.8, 4) is 6.01 Å². The van der Waals surface area contributed by atoms with Crippen molar-refractivity contribution in [3.05, 3.63) is 10.7 Å². The third-order valence-electron chi connectivity index (χ3n) is 0.877. The van der Waals surface area contributed by atoms with Crippen LogP contribution in [0.4, 0.5) is 5.82 Å². The van der Waals surface area contributed by atoms with Crippen LogP contribution >= 0.6 is 15.9 Å². The van der Waals surface area contributed by atoms with E-state index < -0.39 is 0 Å². The van der Waals surface area contributed by atoms with Gasteiger partial charge in [0, 0.05) is 6.07 Å². The molecule has 1 aromatic rings. The van der Waals surface area contributed by atoms with Gasteiger partial charge in [-0.05, 0) is 15.9 Å². The minimum atomic E-state index is 0.270. The smallest absolute Gasteiger partial charge is 0.319 e. The molecular formula is C5H6BrN3O. The van der Waals surface area contributed by atoms with Crippen molar-refractivity contribution in [1.82, 2.24) is 9.97 Å². The standard InChI is InChI=1S/C5H6BrN3O/c1-10-5-8-3(6)2-4(7)9-5/h2H,1H3,(H2,7,8,9). The Morgan fingerprint density at radius 1 is 1.60 bits per heavy atom. The molecule has 54 valence electrons. The summed E-state index contributed by atoms with van der Waals surface area (Å²) < 4.78 is 5.37. The van der Waals surface area contributed by atoms with Crippen molar-refractivity contribution in [3.63, 3.8) is 0 Å². The Balaban J connectivity index is 3.06. The first-order valence-corrected chi connectivity index (χ1v) is 3.35. The van der Waals surface area contributed by atoms with E-state index in [1.165, 1.54) is 7.11 Å². The lowest BCUT2D eigenvalue weighted by atomic mass is 10.6. The van der Waals surface area contributed by atoms with Crippen LogP contribution in [0.2, 0.25) is 0 Å². The summed E-state index contributed by atoms with van der Waals surface area (Å²) in [5.41, 5.74) is 5.37. The summed E-state index contributed by atoms with van der Waals surface area (Å²) in [5.74, 6) is 0.388. The average Bonchev–Trinajstić information content (AvgIpc) is 1.85. The monoisotopic (exact) mass is 203 g/mol. The number of nitrogen functional groups attached to an aromatic ring is 1. The maximum absolute atomic E-state index is 5.37. The predicted molar refractivity (Wildman–Crippen MR) is 40.7 cm³/mol. The zero-order chi connectivity index (χ0) is 7.56. The van der Waals surface area contributed by atoms with E-state index in [0.29, 0.717) is 10.4 Å². The number of rotatable bonds is 1. The molecule has 0 aliphatic heterocycles. The highest BCUT2D eigenvalue weighted by atomic mass is 79.9. The number of anilines is 1. The summed E-state index contributed by atoms with van der Waals surface area (Å²) in [4.78, 5) is 7.62. The molecule has 0 fully saturated rings. The SMILES string of the molecule is COc1nc(N)cc(Br)n1. The number of hydrogen-bond acceptors (Lipinski definition) is 4. The zero-order valence-electron chi connectivity index (χ0n) is 5.34. The number of halogens is 1. The average molecular weight is 204 g/mol. The van der Waals surface area contributed by atoms with Crippen molar-refractivity contribution in [1.29, 1.82) is 0 Å². The fourth-order valence-corrected chi connectivity index (χ4v) is 0.891. The lowest BCUT2D eigenvalue weighted by Crippen LogP contribution is -1.96. The van der Waals surface area contributed by atoms with E-state index in [9.17, 15) is 0 Å². The zero-order valence-corrected chi connectivity index (χ0v) is 6.92. The largest absolute Gasteiger partial charge is 0.467 e. The van der Waals surface area contributed by atoms with E-state index in [2.05, 4.69) is 25.9 Å². The van der Waals surface area contributed by atoms with Crippen LogP contribution in [0.5, 0.6) is 6.01 Å². The van der Waals surface area contributed by atoms with E-state index in [1.54, 1.807) is 6.07 Å². The first-order valence-electron chi connectivity index (χ1n) is 2.56. The topological polar surface area (TPSA) is 61.0 Å². The highest BCUT2D eigenvalue weighted by molar-refractivity contribution is 9.10. The van der Waals surface area contributed by atoms with Gasteiger partial charge in [0.15, 0.2) is 0 Å². The normalized spacial score (nSPS) is 9.40. The van der Waals surface area contributed by atoms with Gasteiger partial charge < -0.3 is 10.5 Å². The van der Waals surface area contributed by atoms with Gasteiger partial charge in [-0.1, -0.05) is 0 Å². The summed E-state index contributed by atoms with van der Waals surface area (Å²) >= 11 is 3.14. The Hall–Kier alpha value is -0.840. The van der Waals surface area contributed by atoms with E-state index in [1.807, 2.05) is 0 Å². The first-order chi connectivity index (χ1) is 4.72. The molecule has 0 saturated heterocycles. The molecule has 5 heteroatoms. The molecule has 4 nitrogen and oxygen atoms in total. The molecule has 0 amide bonds. The molecule has 0 bridgehead atoms. The molecular weight excluding hydrogens is 198 g/mol. The van der Waals surface area contributed by atoms with Crippen LogP contribution in [-0.4, -0.2) is 17.1 Å². The van der Waals surface area contributed by atoms with Gasteiger partial charge in [0.25, 0.3) is 0 Å². The second kappa shape index (κ2) is 2.83. The van der Waals surface area contributed by atoms with Gasteiger partial charge in [0.1, 0.15) is 10.4 Å². The second-order valence-corrected chi connectivity index (χ2v) is 2.41. The lowest BCUT2D eigenvalue weighted by Gasteiger charge is -1.97. The minimum absolute atomic E-state index is 0.270. The van der Waals surface area contributed by atoms with E-state index in [-0.39, 0.29) is 6.01 Å². The Morgan fingerprint density at radius 2 is 2.30 bits per heavy atom. The quantitative estimate of drug-likeness (QED) is 0.688. The third-order valence-corrected chi connectivity index (χ3v) is 1.28. The molecule has 1 rings (SSSR count). The highest BCUT2D eigenvalue weighted by Gasteiger charge is 1.97. The number of ether oxygens (including phenoxy) is 1. The molecule has 0 aliphatic carbocycles. The maximum Gasteiger partial charge on any atom is 0.319 e. The molecule has 0 saturated carbocycles. The van der Waals surface area contributed by atoms with Gasteiger partial charge in [-0.15, -0.1) is 0 Å². The number of aromatic nitrogens is 2. The van der Waals surface area contributed by atoms with Gasteiger partial charge in [-0.2, -0.15) is 9.97 Å². The molecule has 0 unspecified atom stereocenters. The van der Waals surface area contributed by atoms with Gasteiger partial charge in [0.05, 0.1) is 7.11 Å². The third kappa shape index (κ3) is 1.57. The van der Waals surface area contributed by atoms with Crippen molar-refractivity contribution >= 4 is 21.7 Å². The molecule has 0 atom stereocenters. The number of nitrogens with two attached hydrogens (primary N) is 1. The molecule has 0 spiro atoms. The van der Waals surface area contributed by atoms with Gasteiger partial charge in [-0.3, -0.25) is 0 Å². The Kier molecular flexibility index (Phi) is 2.06. The Bertz CT molecular complexity index is 220. The number of methoxy groups -OCH3 is 1. The van der Waals surface area contributed by atoms with Gasteiger partial charge in [0.2, 0.25) is 0 Å². The van der Waals surface area contributed by atoms with Crippen molar-refractivity contribution < 1.29 is 4.74 Å². The summed E-state index contributed by atoms with van der Waals surface area (Å²) in [7, 11) is 1.49. The molecule has 0 aliphatic rings. The maximum atomic E-state index is 5.37. The summed E-state index contributed by atoms with van der Waals surface area (Å²) in [5, 5.41) is 0. The predicted octanol–water partition coefficient (Wildman–Crippen LogP) is 0.830. The summed E-state index contributed by atoms with van der Waals surface area (Å²) in [6, 6.07) is 1.87. The van der Waals surface area contributed by atoms with Gasteiger partial charge in [-0.25, -0.2) is 0 Å². The summed E-state index contributed by atoms with van der Waals surface area (Å²) in [6.45, 7) is 0. The van der Waals surface area contributed by atoms with Crippen LogP contribution in [0.1, 0.15) is 0 Å². The van der Waals surface area contributed by atoms with Crippen molar-refractivity contribution in [2.75, 3.05) is 12.8 Å².